The van der Waals surface area contributed by atoms with E-state index in [-0.39, 0.29) is 0 Å². The average molecular weight is 446 g/mol. The van der Waals surface area contributed by atoms with Crippen molar-refractivity contribution < 1.29 is 9.13 Å². The molecular formula is C24H24FN7O. The Kier molecular flexibility index (Phi) is 5.70. The Hall–Kier alpha value is -3.85. The van der Waals surface area contributed by atoms with Gasteiger partial charge in [0.05, 0.1) is 29.8 Å². The SMILES string of the molecule is COc1cccc(F)c1-c1c(-c2cccc(N3CCN(C)CC3)n2)n[nH]c1-c1ccncn1. The van der Waals surface area contributed by atoms with E-state index in [1.54, 1.807) is 24.4 Å². The largest absolute Gasteiger partial charge is 0.496 e. The van der Waals surface area contributed by atoms with E-state index >= 15 is 4.39 Å². The second kappa shape index (κ2) is 8.95. The lowest BCUT2D eigenvalue weighted by Crippen LogP contribution is -2.44. The summed E-state index contributed by atoms with van der Waals surface area (Å²) in [5.41, 5.74) is 3.20. The quantitative estimate of drug-likeness (QED) is 0.503. The molecule has 1 aliphatic heterocycles. The number of pyridine rings is 1. The van der Waals surface area contributed by atoms with Gasteiger partial charge in [-0.3, -0.25) is 5.10 Å². The zero-order valence-corrected chi connectivity index (χ0v) is 18.5. The highest BCUT2D eigenvalue weighted by Crippen LogP contribution is 2.42. The van der Waals surface area contributed by atoms with Gasteiger partial charge in [0.1, 0.15) is 29.4 Å². The number of likely N-dealkylation sites (N-methyl/N-ethyl adjacent to an activating group) is 1. The number of methoxy groups -OCH3 is 1. The molecule has 0 saturated carbocycles. The molecule has 1 N–H and O–H groups in total. The number of nitrogens with one attached hydrogen (secondary N) is 1. The smallest absolute Gasteiger partial charge is 0.134 e. The Labute approximate surface area is 191 Å². The van der Waals surface area contributed by atoms with E-state index in [0.29, 0.717) is 39.7 Å². The molecule has 168 valence electrons. The summed E-state index contributed by atoms with van der Waals surface area (Å²) < 4.78 is 20.7. The van der Waals surface area contributed by atoms with Crippen molar-refractivity contribution in [1.29, 1.82) is 0 Å². The number of aromatic amines is 1. The van der Waals surface area contributed by atoms with Crippen molar-refractivity contribution in [2.75, 3.05) is 45.2 Å². The van der Waals surface area contributed by atoms with Gasteiger partial charge in [0, 0.05) is 37.9 Å². The van der Waals surface area contributed by atoms with Gasteiger partial charge in [-0.1, -0.05) is 12.1 Å². The molecule has 1 aromatic carbocycles. The predicted molar refractivity (Wildman–Crippen MR) is 125 cm³/mol. The highest BCUT2D eigenvalue weighted by Gasteiger charge is 2.26. The van der Waals surface area contributed by atoms with E-state index in [9.17, 15) is 0 Å². The number of piperazine rings is 1. The summed E-state index contributed by atoms with van der Waals surface area (Å²) in [5.74, 6) is 0.865. The number of halogens is 1. The van der Waals surface area contributed by atoms with Crippen molar-refractivity contribution in [1.82, 2.24) is 30.0 Å². The fraction of sp³-hybridized carbons (Fsp3) is 0.250. The summed E-state index contributed by atoms with van der Waals surface area (Å²) in [6.07, 6.45) is 3.09. The third-order valence-electron chi connectivity index (χ3n) is 5.85. The molecule has 5 rings (SSSR count). The second-order valence-corrected chi connectivity index (χ2v) is 7.91. The highest BCUT2D eigenvalue weighted by atomic mass is 19.1. The molecule has 0 spiro atoms. The number of hydrogen-bond acceptors (Lipinski definition) is 7. The lowest BCUT2D eigenvalue weighted by molar-refractivity contribution is 0.312. The third-order valence-corrected chi connectivity index (χ3v) is 5.85. The Morgan fingerprint density at radius 1 is 0.970 bits per heavy atom. The Balaban J connectivity index is 1.67. The zero-order chi connectivity index (χ0) is 22.8. The number of hydrogen-bond donors (Lipinski definition) is 1. The summed E-state index contributed by atoms with van der Waals surface area (Å²) in [7, 11) is 3.64. The molecule has 33 heavy (non-hydrogen) atoms. The van der Waals surface area contributed by atoms with Crippen LogP contribution in [0.2, 0.25) is 0 Å². The van der Waals surface area contributed by atoms with Crippen LogP contribution in [0.25, 0.3) is 33.9 Å². The van der Waals surface area contributed by atoms with Gasteiger partial charge in [-0.2, -0.15) is 5.10 Å². The zero-order valence-electron chi connectivity index (χ0n) is 18.5. The molecule has 3 aromatic heterocycles. The van der Waals surface area contributed by atoms with Crippen molar-refractivity contribution in [2.24, 2.45) is 0 Å². The molecular weight excluding hydrogens is 421 g/mol. The van der Waals surface area contributed by atoms with Gasteiger partial charge in [0.15, 0.2) is 0 Å². The summed E-state index contributed by atoms with van der Waals surface area (Å²) in [4.78, 5) is 17.8. The molecule has 0 unspecified atom stereocenters. The maximum absolute atomic E-state index is 15.2. The first-order chi connectivity index (χ1) is 16.2. The molecule has 0 radical (unpaired) electrons. The number of anilines is 1. The number of H-pyrrole nitrogens is 1. The van der Waals surface area contributed by atoms with E-state index in [0.717, 1.165) is 32.0 Å². The maximum Gasteiger partial charge on any atom is 0.134 e. The molecule has 0 aliphatic carbocycles. The monoisotopic (exact) mass is 445 g/mol. The Bertz CT molecular complexity index is 1250. The maximum atomic E-state index is 15.2. The first-order valence-electron chi connectivity index (χ1n) is 10.7. The molecule has 0 amide bonds. The molecule has 4 heterocycles. The van der Waals surface area contributed by atoms with Crippen LogP contribution in [0.5, 0.6) is 5.75 Å². The summed E-state index contributed by atoms with van der Waals surface area (Å²) in [6.45, 7) is 3.75. The van der Waals surface area contributed by atoms with Crippen LogP contribution in [-0.4, -0.2) is 70.4 Å². The summed E-state index contributed by atoms with van der Waals surface area (Å²) in [5, 5.41) is 7.61. The van der Waals surface area contributed by atoms with E-state index < -0.39 is 5.82 Å². The predicted octanol–water partition coefficient (Wildman–Crippen LogP) is 3.50. The number of rotatable bonds is 5. The highest BCUT2D eigenvalue weighted by molar-refractivity contribution is 5.92. The van der Waals surface area contributed by atoms with Crippen molar-refractivity contribution in [3.63, 3.8) is 0 Å². The van der Waals surface area contributed by atoms with E-state index in [2.05, 4.69) is 37.0 Å². The Morgan fingerprint density at radius 3 is 2.55 bits per heavy atom. The fourth-order valence-corrected chi connectivity index (χ4v) is 4.08. The molecule has 1 fully saturated rings. The number of benzene rings is 1. The first kappa shape index (κ1) is 21.0. The van der Waals surface area contributed by atoms with Gasteiger partial charge in [-0.15, -0.1) is 0 Å². The summed E-state index contributed by atoms with van der Waals surface area (Å²) in [6, 6.07) is 12.3. The van der Waals surface area contributed by atoms with Crippen LogP contribution in [0.3, 0.4) is 0 Å². The molecule has 1 saturated heterocycles. The Morgan fingerprint density at radius 2 is 1.79 bits per heavy atom. The average Bonchev–Trinajstić information content (AvgIpc) is 3.29. The molecule has 1 aliphatic rings. The van der Waals surface area contributed by atoms with Crippen LogP contribution in [0.15, 0.2) is 55.0 Å². The van der Waals surface area contributed by atoms with E-state index in [4.69, 9.17) is 9.72 Å². The van der Waals surface area contributed by atoms with Crippen molar-refractivity contribution in [3.8, 4) is 39.7 Å². The van der Waals surface area contributed by atoms with Gasteiger partial charge in [0.25, 0.3) is 0 Å². The van der Waals surface area contributed by atoms with Gasteiger partial charge in [-0.25, -0.2) is 19.3 Å². The number of ether oxygens (including phenoxy) is 1. The van der Waals surface area contributed by atoms with Crippen LogP contribution in [0.4, 0.5) is 10.2 Å². The van der Waals surface area contributed by atoms with Crippen LogP contribution in [0, 0.1) is 5.82 Å². The van der Waals surface area contributed by atoms with Crippen LogP contribution < -0.4 is 9.64 Å². The third kappa shape index (κ3) is 4.03. The fourth-order valence-electron chi connectivity index (χ4n) is 4.08. The normalized spacial score (nSPS) is 14.5. The second-order valence-electron chi connectivity index (χ2n) is 7.91. The van der Waals surface area contributed by atoms with Crippen molar-refractivity contribution in [3.05, 3.63) is 60.8 Å². The molecule has 0 bridgehead atoms. The van der Waals surface area contributed by atoms with Crippen LogP contribution in [-0.2, 0) is 0 Å². The molecule has 4 aromatic rings. The van der Waals surface area contributed by atoms with Crippen molar-refractivity contribution >= 4 is 5.82 Å². The minimum Gasteiger partial charge on any atom is -0.496 e. The molecule has 0 atom stereocenters. The van der Waals surface area contributed by atoms with Gasteiger partial charge < -0.3 is 14.5 Å². The van der Waals surface area contributed by atoms with Gasteiger partial charge >= 0.3 is 0 Å². The molecule has 9 heteroatoms. The molecule has 8 nitrogen and oxygen atoms in total. The number of aromatic nitrogens is 5. The minimum absolute atomic E-state index is 0.309. The van der Waals surface area contributed by atoms with Gasteiger partial charge in [-0.05, 0) is 37.4 Å². The van der Waals surface area contributed by atoms with E-state index in [1.807, 2.05) is 18.2 Å². The minimum atomic E-state index is -0.414. The van der Waals surface area contributed by atoms with E-state index in [1.165, 1.54) is 19.5 Å². The van der Waals surface area contributed by atoms with Crippen molar-refractivity contribution in [2.45, 2.75) is 0 Å². The topological polar surface area (TPSA) is 83.1 Å². The first-order valence-corrected chi connectivity index (χ1v) is 10.7. The van der Waals surface area contributed by atoms with Crippen LogP contribution >= 0.6 is 0 Å². The van der Waals surface area contributed by atoms with Gasteiger partial charge in [0.2, 0.25) is 0 Å². The van der Waals surface area contributed by atoms with Crippen LogP contribution in [0.1, 0.15) is 0 Å². The lowest BCUT2D eigenvalue weighted by Gasteiger charge is -2.33. The number of nitrogens with zero attached hydrogens (tertiary/aromatic N) is 6. The standard InChI is InChI=1S/C24H24FN7O/c1-31-11-13-32(14-12-31)20-8-4-6-18(28-20)24-22(21-16(25)5-3-7-19(21)33-2)23(29-30-24)17-9-10-26-15-27-17/h3-10,15H,11-14H2,1-2H3,(H,29,30). The summed E-state index contributed by atoms with van der Waals surface area (Å²) >= 11 is 0. The lowest BCUT2D eigenvalue weighted by atomic mass is 9.98.